The van der Waals surface area contributed by atoms with Crippen LogP contribution in [-0.2, 0) is 38.8 Å². The van der Waals surface area contributed by atoms with Crippen LogP contribution in [0.3, 0.4) is 0 Å². The Balaban J connectivity index is 0.000000458. The molecule has 0 aliphatic carbocycles. The number of aryl methyl sites for hydroxylation is 3. The van der Waals surface area contributed by atoms with Gasteiger partial charge in [-0.15, -0.1) is 6.42 Å². The van der Waals surface area contributed by atoms with Crippen LogP contribution in [0, 0.1) is 26.2 Å². The predicted molar refractivity (Wildman–Crippen MR) is 247 cm³/mol. The summed E-state index contributed by atoms with van der Waals surface area (Å²) in [5.74, 6) is 2.56. The molecule has 5 aromatic carbocycles. The van der Waals surface area contributed by atoms with Crippen LogP contribution >= 0.6 is 23.2 Å². The normalized spacial score (nSPS) is 12.2. The van der Waals surface area contributed by atoms with Crippen LogP contribution in [0.15, 0.2) is 104 Å². The molecule has 1 aliphatic heterocycles. The number of hydrogen-bond donors (Lipinski definition) is 2. The first kappa shape index (κ1) is 44.4. The molecule has 0 aromatic heterocycles. The maximum Gasteiger partial charge on any atom is 0.0441 e. The Morgan fingerprint density at radius 1 is 0.857 bits per heavy atom. The van der Waals surface area contributed by atoms with Crippen LogP contribution in [-0.4, -0.2) is 12.6 Å². The van der Waals surface area contributed by atoms with Crippen molar-refractivity contribution in [3.05, 3.63) is 169 Å². The van der Waals surface area contributed by atoms with Gasteiger partial charge in [0.15, 0.2) is 0 Å². The second-order valence-electron chi connectivity index (χ2n) is 14.4. The fraction of sp³-hybridized carbons (Fsp3) is 0.308. The number of fused-ring (bicyclic) bond motifs is 1. The quantitative estimate of drug-likeness (QED) is 0.0973. The van der Waals surface area contributed by atoms with E-state index in [1.807, 2.05) is 32.1 Å². The molecular formula is C52H60Cl2N2. The third-order valence-electron chi connectivity index (χ3n) is 10.7. The lowest BCUT2D eigenvalue weighted by Crippen LogP contribution is -2.28. The summed E-state index contributed by atoms with van der Waals surface area (Å²) in [5, 5.41) is 8.68. The van der Waals surface area contributed by atoms with Gasteiger partial charge in [-0.25, -0.2) is 0 Å². The second kappa shape index (κ2) is 21.8. The third kappa shape index (κ3) is 11.4. The molecule has 0 fully saturated rings. The van der Waals surface area contributed by atoms with E-state index < -0.39 is 0 Å². The fourth-order valence-electron chi connectivity index (χ4n) is 7.45. The smallest absolute Gasteiger partial charge is 0.0441 e. The SMILES string of the molecule is C#Cc1cc(Cl)cc(CC)c1.C=Cc1cc(CCc2cccc(-c3cccc(-c4ccc5c(c4)CNCC5)c3C)c2C)c(Cl)cc1CNC(CC)C(=C)C.CC. The minimum atomic E-state index is 0.297. The molecule has 1 atom stereocenters. The van der Waals surface area contributed by atoms with Gasteiger partial charge in [0.25, 0.3) is 0 Å². The van der Waals surface area contributed by atoms with E-state index in [-0.39, 0.29) is 0 Å². The van der Waals surface area contributed by atoms with Gasteiger partial charge in [-0.05, 0) is 168 Å². The Bertz CT molecular complexity index is 2170. The van der Waals surface area contributed by atoms with Gasteiger partial charge in [0.1, 0.15) is 0 Å². The highest BCUT2D eigenvalue weighted by Crippen LogP contribution is 2.36. The first-order chi connectivity index (χ1) is 27.1. The van der Waals surface area contributed by atoms with E-state index in [1.54, 1.807) is 6.07 Å². The Morgan fingerprint density at radius 2 is 1.55 bits per heavy atom. The highest BCUT2D eigenvalue weighted by molar-refractivity contribution is 6.31. The minimum Gasteiger partial charge on any atom is -0.312 e. The van der Waals surface area contributed by atoms with Crippen LogP contribution in [0.2, 0.25) is 10.0 Å². The van der Waals surface area contributed by atoms with Crippen molar-refractivity contribution in [3.8, 4) is 34.6 Å². The maximum atomic E-state index is 6.86. The molecule has 2 nitrogen and oxygen atoms in total. The van der Waals surface area contributed by atoms with Gasteiger partial charge in [0.2, 0.25) is 0 Å². The van der Waals surface area contributed by atoms with Gasteiger partial charge in [0.05, 0.1) is 0 Å². The van der Waals surface area contributed by atoms with Gasteiger partial charge in [-0.2, -0.15) is 0 Å². The van der Waals surface area contributed by atoms with Crippen molar-refractivity contribution < 1.29 is 0 Å². The van der Waals surface area contributed by atoms with Gasteiger partial charge in [-0.3, -0.25) is 0 Å². The van der Waals surface area contributed by atoms with Crippen molar-refractivity contribution in [2.24, 2.45) is 0 Å². The number of nitrogens with one attached hydrogen (secondary N) is 2. The molecule has 1 aliphatic rings. The highest BCUT2D eigenvalue weighted by Gasteiger charge is 2.16. The second-order valence-corrected chi connectivity index (χ2v) is 15.2. The lowest BCUT2D eigenvalue weighted by Gasteiger charge is -2.20. The predicted octanol–water partition coefficient (Wildman–Crippen LogP) is 13.7. The minimum absolute atomic E-state index is 0.297. The van der Waals surface area contributed by atoms with Crippen molar-refractivity contribution >= 4 is 29.3 Å². The van der Waals surface area contributed by atoms with E-state index in [0.29, 0.717) is 6.04 Å². The molecule has 0 spiro atoms. The summed E-state index contributed by atoms with van der Waals surface area (Å²) in [6.45, 7) is 25.8. The maximum absolute atomic E-state index is 6.86. The van der Waals surface area contributed by atoms with Crippen molar-refractivity contribution in [1.82, 2.24) is 10.6 Å². The number of halogens is 2. The molecule has 0 radical (unpaired) electrons. The van der Waals surface area contributed by atoms with E-state index >= 15 is 0 Å². The average Bonchev–Trinajstić information content (AvgIpc) is 3.21. The fourth-order valence-corrected chi connectivity index (χ4v) is 7.99. The summed E-state index contributed by atoms with van der Waals surface area (Å²) in [6, 6.07) is 30.8. The Hall–Kier alpha value is -4.36. The number of hydrogen-bond acceptors (Lipinski definition) is 2. The largest absolute Gasteiger partial charge is 0.312 e. The summed E-state index contributed by atoms with van der Waals surface area (Å²) in [5.41, 5.74) is 18.8. The molecule has 0 bridgehead atoms. The molecule has 0 saturated heterocycles. The van der Waals surface area contributed by atoms with Gasteiger partial charge >= 0.3 is 0 Å². The van der Waals surface area contributed by atoms with E-state index in [0.717, 1.165) is 84.0 Å². The van der Waals surface area contributed by atoms with Crippen molar-refractivity contribution in [1.29, 1.82) is 0 Å². The van der Waals surface area contributed by atoms with E-state index in [1.165, 1.54) is 61.2 Å². The first-order valence-corrected chi connectivity index (χ1v) is 20.9. The van der Waals surface area contributed by atoms with Crippen molar-refractivity contribution in [3.63, 3.8) is 0 Å². The van der Waals surface area contributed by atoms with Crippen LogP contribution in [0.25, 0.3) is 28.3 Å². The zero-order valence-corrected chi connectivity index (χ0v) is 36.2. The van der Waals surface area contributed by atoms with Crippen molar-refractivity contribution in [2.75, 3.05) is 6.54 Å². The zero-order valence-electron chi connectivity index (χ0n) is 34.6. The van der Waals surface area contributed by atoms with E-state index in [9.17, 15) is 0 Å². The van der Waals surface area contributed by atoms with E-state index in [4.69, 9.17) is 29.6 Å². The average molecular weight is 784 g/mol. The number of rotatable bonds is 12. The van der Waals surface area contributed by atoms with Gasteiger partial charge < -0.3 is 10.6 Å². The number of terminal acetylenes is 1. The Kier molecular flexibility index (Phi) is 17.3. The molecule has 292 valence electrons. The summed E-state index contributed by atoms with van der Waals surface area (Å²) >= 11 is 12.7. The molecule has 4 heteroatoms. The molecular weight excluding hydrogens is 723 g/mol. The van der Waals surface area contributed by atoms with Crippen molar-refractivity contribution in [2.45, 2.75) is 99.7 Å². The Labute approximate surface area is 348 Å². The third-order valence-corrected chi connectivity index (χ3v) is 11.3. The lowest BCUT2D eigenvalue weighted by molar-refractivity contribution is 0.555. The summed E-state index contributed by atoms with van der Waals surface area (Å²) in [4.78, 5) is 0. The van der Waals surface area contributed by atoms with E-state index in [2.05, 4.69) is 131 Å². The monoisotopic (exact) mass is 782 g/mol. The Morgan fingerprint density at radius 3 is 2.23 bits per heavy atom. The summed E-state index contributed by atoms with van der Waals surface area (Å²) in [6.07, 6.45) is 12.1. The molecule has 56 heavy (non-hydrogen) atoms. The van der Waals surface area contributed by atoms with Crippen LogP contribution < -0.4 is 10.6 Å². The lowest BCUT2D eigenvalue weighted by atomic mass is 9.87. The molecule has 6 rings (SSSR count). The zero-order chi connectivity index (χ0) is 40.8. The van der Waals surface area contributed by atoms with Crippen LogP contribution in [0.4, 0.5) is 0 Å². The first-order valence-electron chi connectivity index (χ1n) is 20.2. The molecule has 0 amide bonds. The molecule has 2 N–H and O–H groups in total. The summed E-state index contributed by atoms with van der Waals surface area (Å²) < 4.78 is 0. The summed E-state index contributed by atoms with van der Waals surface area (Å²) in [7, 11) is 0. The van der Waals surface area contributed by atoms with Gasteiger partial charge in [0, 0.05) is 34.7 Å². The van der Waals surface area contributed by atoms with Gasteiger partial charge in [-0.1, -0.05) is 130 Å². The van der Waals surface area contributed by atoms with Crippen LogP contribution in [0.1, 0.15) is 96.7 Å². The highest BCUT2D eigenvalue weighted by atomic mass is 35.5. The molecule has 0 saturated carbocycles. The molecule has 5 aromatic rings. The molecule has 1 unspecified atom stereocenters. The van der Waals surface area contributed by atoms with Crippen LogP contribution in [0.5, 0.6) is 0 Å². The molecule has 1 heterocycles. The number of benzene rings is 5. The standard InChI is InChI=1S/C40H45ClN2.C10H9Cl.C2H6/c1-7-29-21-33(39(41)23-35(29)25-43-40(8-2)26(3)4)18-15-30-11-9-13-37(27(30)5)38-14-10-12-36(28(38)6)32-17-16-31-19-20-42-24-34(31)22-32;1-3-8-5-9(4-2)7-10(11)6-8;1-2/h7,9-14,16-17,21-23,40,42-43H,1,3,8,15,18-20,24-25H2,2,4-6H3;1,5-7H,4H2,2H3;1-2H3. The topological polar surface area (TPSA) is 24.1 Å².